The fraction of sp³-hybridized carbons (Fsp3) is 1.00. The van der Waals surface area contributed by atoms with Crippen LogP contribution in [-0.4, -0.2) is 37.3 Å². The Bertz CT molecular complexity index is 174. The maximum Gasteiger partial charge on any atom is 0.389 e. The van der Waals surface area contributed by atoms with E-state index >= 15 is 0 Å². The third-order valence-electron chi connectivity index (χ3n) is 2.98. The molecule has 0 saturated carbocycles. The van der Waals surface area contributed by atoms with Gasteiger partial charge in [-0.2, -0.15) is 13.2 Å². The van der Waals surface area contributed by atoms with E-state index in [1.807, 2.05) is 0 Å². The molecule has 2 N–H and O–H groups in total. The molecule has 15 heavy (non-hydrogen) atoms. The van der Waals surface area contributed by atoms with E-state index in [4.69, 9.17) is 5.73 Å². The molecule has 0 aromatic rings. The summed E-state index contributed by atoms with van der Waals surface area (Å²) in [5.74, 6) is 0.573. The van der Waals surface area contributed by atoms with Gasteiger partial charge in [0.1, 0.15) is 0 Å². The van der Waals surface area contributed by atoms with Crippen molar-refractivity contribution in [3.63, 3.8) is 0 Å². The first-order chi connectivity index (χ1) is 7.01. The van der Waals surface area contributed by atoms with E-state index in [2.05, 4.69) is 4.90 Å². The molecule has 1 fully saturated rings. The zero-order chi connectivity index (χ0) is 11.3. The van der Waals surface area contributed by atoms with Crippen molar-refractivity contribution >= 4 is 0 Å². The monoisotopic (exact) mass is 224 g/mol. The molecule has 0 atom stereocenters. The molecular weight excluding hydrogens is 205 g/mol. The van der Waals surface area contributed by atoms with E-state index < -0.39 is 12.6 Å². The Morgan fingerprint density at radius 3 is 2.27 bits per heavy atom. The zero-order valence-electron chi connectivity index (χ0n) is 8.89. The summed E-state index contributed by atoms with van der Waals surface area (Å²) in [5, 5.41) is 0. The Morgan fingerprint density at radius 2 is 1.80 bits per heavy atom. The lowest BCUT2D eigenvalue weighted by Crippen LogP contribution is -2.36. The van der Waals surface area contributed by atoms with Gasteiger partial charge in [-0.3, -0.25) is 0 Å². The summed E-state index contributed by atoms with van der Waals surface area (Å²) in [6.45, 7) is 3.08. The van der Waals surface area contributed by atoms with Crippen molar-refractivity contribution in [2.24, 2.45) is 11.7 Å². The highest BCUT2D eigenvalue weighted by Crippen LogP contribution is 2.22. The summed E-state index contributed by atoms with van der Waals surface area (Å²) in [5.41, 5.74) is 5.54. The van der Waals surface area contributed by atoms with E-state index in [-0.39, 0.29) is 6.42 Å². The molecular formula is C10H19F3N2. The van der Waals surface area contributed by atoms with Gasteiger partial charge in [0.2, 0.25) is 0 Å². The molecule has 90 valence electrons. The number of alkyl halides is 3. The third kappa shape index (κ3) is 5.37. The van der Waals surface area contributed by atoms with Crippen LogP contribution in [0.1, 0.15) is 25.7 Å². The number of nitrogens with two attached hydrogens (primary N) is 1. The van der Waals surface area contributed by atoms with Gasteiger partial charge in [-0.05, 0) is 51.4 Å². The van der Waals surface area contributed by atoms with Gasteiger partial charge in [-0.1, -0.05) is 0 Å². The van der Waals surface area contributed by atoms with E-state index in [0.717, 1.165) is 25.9 Å². The number of likely N-dealkylation sites (tertiary alicyclic amines) is 1. The van der Waals surface area contributed by atoms with Gasteiger partial charge in [0.05, 0.1) is 0 Å². The number of nitrogens with zero attached hydrogens (tertiary/aromatic N) is 1. The number of rotatable bonds is 4. The van der Waals surface area contributed by atoms with Gasteiger partial charge >= 0.3 is 6.18 Å². The van der Waals surface area contributed by atoms with Crippen LogP contribution in [0, 0.1) is 5.92 Å². The highest BCUT2D eigenvalue weighted by Gasteiger charge is 2.27. The van der Waals surface area contributed by atoms with Gasteiger partial charge in [0.25, 0.3) is 0 Å². The normalized spacial score (nSPS) is 20.8. The van der Waals surface area contributed by atoms with Crippen LogP contribution < -0.4 is 5.73 Å². The topological polar surface area (TPSA) is 29.3 Å². The van der Waals surface area contributed by atoms with Crippen molar-refractivity contribution in [3.05, 3.63) is 0 Å². The lowest BCUT2D eigenvalue weighted by molar-refractivity contribution is -0.136. The molecule has 0 aromatic heterocycles. The van der Waals surface area contributed by atoms with Gasteiger partial charge in [-0.25, -0.2) is 0 Å². The summed E-state index contributed by atoms with van der Waals surface area (Å²) >= 11 is 0. The third-order valence-corrected chi connectivity index (χ3v) is 2.98. The standard InChI is InChI=1S/C10H19F3N2/c11-10(12,13)4-1-5-15-6-2-9(8-14)3-7-15/h9H,1-8,14H2. The Labute approximate surface area is 88.6 Å². The molecule has 1 rings (SSSR count). The summed E-state index contributed by atoms with van der Waals surface area (Å²) in [4.78, 5) is 2.11. The smallest absolute Gasteiger partial charge is 0.330 e. The fourth-order valence-corrected chi connectivity index (χ4v) is 1.95. The zero-order valence-corrected chi connectivity index (χ0v) is 8.89. The maximum absolute atomic E-state index is 11.9. The molecule has 0 unspecified atom stereocenters. The average molecular weight is 224 g/mol. The molecule has 0 spiro atoms. The molecule has 0 aromatic carbocycles. The maximum atomic E-state index is 11.9. The van der Waals surface area contributed by atoms with Crippen LogP contribution in [-0.2, 0) is 0 Å². The van der Waals surface area contributed by atoms with Crippen LogP contribution in [0.5, 0.6) is 0 Å². The highest BCUT2D eigenvalue weighted by atomic mass is 19.4. The van der Waals surface area contributed by atoms with Crippen LogP contribution in [0.15, 0.2) is 0 Å². The van der Waals surface area contributed by atoms with E-state index in [0.29, 0.717) is 19.0 Å². The first-order valence-corrected chi connectivity index (χ1v) is 5.50. The number of piperidine rings is 1. The Morgan fingerprint density at radius 1 is 1.20 bits per heavy atom. The van der Waals surface area contributed by atoms with Crippen molar-refractivity contribution < 1.29 is 13.2 Å². The van der Waals surface area contributed by atoms with Crippen LogP contribution in [0.2, 0.25) is 0 Å². The van der Waals surface area contributed by atoms with Crippen molar-refractivity contribution in [1.82, 2.24) is 4.90 Å². The number of hydrogen-bond donors (Lipinski definition) is 1. The van der Waals surface area contributed by atoms with Crippen LogP contribution >= 0.6 is 0 Å². The molecule has 1 aliphatic rings. The molecule has 5 heteroatoms. The minimum absolute atomic E-state index is 0.219. The molecule has 0 aliphatic carbocycles. The highest BCUT2D eigenvalue weighted by molar-refractivity contribution is 4.72. The van der Waals surface area contributed by atoms with Crippen molar-refractivity contribution in [2.75, 3.05) is 26.2 Å². The summed E-state index contributed by atoms with van der Waals surface area (Å²) in [6.07, 6.45) is -2.39. The Hall–Kier alpha value is -0.290. The van der Waals surface area contributed by atoms with Crippen molar-refractivity contribution in [2.45, 2.75) is 31.9 Å². The summed E-state index contributed by atoms with van der Waals surface area (Å²) in [7, 11) is 0. The van der Waals surface area contributed by atoms with Crippen LogP contribution in [0.4, 0.5) is 13.2 Å². The van der Waals surface area contributed by atoms with Crippen LogP contribution in [0.25, 0.3) is 0 Å². The second-order valence-corrected chi connectivity index (χ2v) is 4.24. The molecule has 0 bridgehead atoms. The first kappa shape index (κ1) is 12.8. The van der Waals surface area contributed by atoms with E-state index in [1.54, 1.807) is 0 Å². The van der Waals surface area contributed by atoms with Crippen molar-refractivity contribution in [3.8, 4) is 0 Å². The van der Waals surface area contributed by atoms with Gasteiger partial charge in [0.15, 0.2) is 0 Å². The van der Waals surface area contributed by atoms with E-state index in [9.17, 15) is 13.2 Å². The Kier molecular flexibility index (Phi) is 4.86. The number of hydrogen-bond acceptors (Lipinski definition) is 2. The molecule has 1 heterocycles. The molecule has 0 amide bonds. The average Bonchev–Trinajstić information content (AvgIpc) is 2.17. The molecule has 0 radical (unpaired) electrons. The quantitative estimate of drug-likeness (QED) is 0.791. The van der Waals surface area contributed by atoms with Gasteiger partial charge < -0.3 is 10.6 Å². The van der Waals surface area contributed by atoms with Gasteiger partial charge in [-0.15, -0.1) is 0 Å². The Balaban J connectivity index is 2.09. The second-order valence-electron chi connectivity index (χ2n) is 4.24. The number of halogens is 3. The molecule has 2 nitrogen and oxygen atoms in total. The lowest BCUT2D eigenvalue weighted by atomic mass is 9.97. The largest absolute Gasteiger partial charge is 0.389 e. The first-order valence-electron chi connectivity index (χ1n) is 5.50. The van der Waals surface area contributed by atoms with E-state index in [1.165, 1.54) is 0 Å². The minimum Gasteiger partial charge on any atom is -0.330 e. The summed E-state index contributed by atoms with van der Waals surface area (Å²) < 4.78 is 35.7. The SMILES string of the molecule is NCC1CCN(CCCC(F)(F)F)CC1. The predicted molar refractivity (Wildman–Crippen MR) is 53.5 cm³/mol. The van der Waals surface area contributed by atoms with Crippen molar-refractivity contribution in [1.29, 1.82) is 0 Å². The molecule has 1 aliphatic heterocycles. The minimum atomic E-state index is -4.00. The predicted octanol–water partition coefficient (Wildman–Crippen LogP) is 2.00. The summed E-state index contributed by atoms with van der Waals surface area (Å²) in [6, 6.07) is 0. The van der Waals surface area contributed by atoms with Gasteiger partial charge in [0, 0.05) is 6.42 Å². The lowest BCUT2D eigenvalue weighted by Gasteiger charge is -2.31. The fourth-order valence-electron chi connectivity index (χ4n) is 1.95. The second kappa shape index (κ2) is 5.70. The molecule has 1 saturated heterocycles. The van der Waals surface area contributed by atoms with Crippen LogP contribution in [0.3, 0.4) is 0 Å².